The first-order chi connectivity index (χ1) is 14.0. The predicted molar refractivity (Wildman–Crippen MR) is 113 cm³/mol. The number of anilines is 2. The Kier molecular flexibility index (Phi) is 6.13. The third-order valence-corrected chi connectivity index (χ3v) is 5.21. The molecule has 0 aliphatic carbocycles. The van der Waals surface area contributed by atoms with Crippen LogP contribution >= 0.6 is 11.8 Å². The maximum atomic E-state index is 12.3. The van der Waals surface area contributed by atoms with E-state index in [1.807, 2.05) is 49.4 Å². The van der Waals surface area contributed by atoms with Gasteiger partial charge in [0.2, 0.25) is 5.91 Å². The lowest BCUT2D eigenvalue weighted by atomic mass is 9.96. The fourth-order valence-electron chi connectivity index (χ4n) is 2.82. The van der Waals surface area contributed by atoms with E-state index in [1.165, 1.54) is 0 Å². The number of aromatic amines is 1. The van der Waals surface area contributed by atoms with Crippen molar-refractivity contribution in [3.63, 3.8) is 0 Å². The minimum Gasteiger partial charge on any atom is -0.325 e. The number of nitrogen functional groups attached to an aromatic ring is 1. The zero-order valence-electron chi connectivity index (χ0n) is 15.7. The van der Waals surface area contributed by atoms with Crippen molar-refractivity contribution in [3.8, 4) is 23.3 Å². The molecule has 1 amide bonds. The monoisotopic (exact) mass is 400 g/mol. The molecular formula is C22H18N5OS+. The summed E-state index contributed by atoms with van der Waals surface area (Å²) in [6.07, 6.45) is 0. The molecule has 0 bridgehead atoms. The van der Waals surface area contributed by atoms with E-state index in [4.69, 9.17) is 5.73 Å². The molecule has 4 N–H and O–H groups in total. The lowest BCUT2D eigenvalue weighted by molar-refractivity contribution is -0.410. The molecule has 7 heteroatoms. The normalized spacial score (nSPS) is 10.0. The Bertz CT molecular complexity index is 1130. The number of nitrogens with one attached hydrogen (secondary N) is 2. The van der Waals surface area contributed by atoms with Gasteiger partial charge in [0.15, 0.2) is 5.03 Å². The minimum absolute atomic E-state index is 0.0821. The van der Waals surface area contributed by atoms with Crippen LogP contribution in [0.2, 0.25) is 0 Å². The standard InChI is InChI=1S/C22H17N5OS/c1-14-7-9-15(10-8-14)20-17(11-23)21(25)27-22(18(20)12-24)29-13-19(28)26-16-5-3-2-4-6-16/h2-10H,13H2,1H3,(H2,25,27)(H,26,28)/p+1. The molecule has 142 valence electrons. The van der Waals surface area contributed by atoms with Crippen molar-refractivity contribution in [1.82, 2.24) is 0 Å². The summed E-state index contributed by atoms with van der Waals surface area (Å²) in [6, 6.07) is 20.9. The number of carbonyl (C=O) groups excluding carboxylic acids is 1. The van der Waals surface area contributed by atoms with Gasteiger partial charge in [-0.3, -0.25) is 10.5 Å². The third-order valence-electron chi connectivity index (χ3n) is 4.21. The summed E-state index contributed by atoms with van der Waals surface area (Å²) in [5.41, 5.74) is 9.50. The van der Waals surface area contributed by atoms with Crippen molar-refractivity contribution in [2.75, 3.05) is 16.8 Å². The number of hydrogen-bond acceptors (Lipinski definition) is 5. The second-order valence-electron chi connectivity index (χ2n) is 6.29. The van der Waals surface area contributed by atoms with Crippen molar-refractivity contribution in [2.45, 2.75) is 11.9 Å². The lowest BCUT2D eigenvalue weighted by Gasteiger charge is -2.10. The highest BCUT2D eigenvalue weighted by Crippen LogP contribution is 2.33. The topological polar surface area (TPSA) is 117 Å². The number of hydrogen-bond donors (Lipinski definition) is 2. The van der Waals surface area contributed by atoms with E-state index < -0.39 is 0 Å². The Hall–Kier alpha value is -3.81. The summed E-state index contributed by atoms with van der Waals surface area (Å²) in [4.78, 5) is 15.2. The first-order valence-electron chi connectivity index (χ1n) is 8.77. The molecule has 0 radical (unpaired) electrons. The number of benzene rings is 2. The molecule has 0 saturated carbocycles. The van der Waals surface area contributed by atoms with E-state index in [9.17, 15) is 15.3 Å². The number of amides is 1. The molecule has 6 nitrogen and oxygen atoms in total. The van der Waals surface area contributed by atoms with Crippen LogP contribution in [0.25, 0.3) is 11.1 Å². The van der Waals surface area contributed by atoms with Gasteiger partial charge in [-0.25, -0.2) is 4.98 Å². The van der Waals surface area contributed by atoms with Crippen molar-refractivity contribution < 1.29 is 9.78 Å². The van der Waals surface area contributed by atoms with Crippen LogP contribution in [0.4, 0.5) is 11.5 Å². The van der Waals surface area contributed by atoms with Crippen LogP contribution in [0.15, 0.2) is 59.6 Å². The van der Waals surface area contributed by atoms with Crippen molar-refractivity contribution in [1.29, 1.82) is 10.5 Å². The fourth-order valence-corrected chi connectivity index (χ4v) is 3.64. The van der Waals surface area contributed by atoms with Crippen LogP contribution in [0.3, 0.4) is 0 Å². The number of H-pyrrole nitrogens is 1. The number of nitriles is 2. The summed E-state index contributed by atoms with van der Waals surface area (Å²) in [5.74, 6) is 0.0324. The van der Waals surface area contributed by atoms with E-state index >= 15 is 0 Å². The van der Waals surface area contributed by atoms with E-state index in [2.05, 4.69) is 22.4 Å². The third kappa shape index (κ3) is 4.55. The van der Waals surface area contributed by atoms with E-state index in [0.29, 0.717) is 16.3 Å². The lowest BCUT2D eigenvalue weighted by Crippen LogP contribution is -2.20. The van der Waals surface area contributed by atoms with Gasteiger partial charge in [-0.1, -0.05) is 59.8 Å². The molecule has 3 aromatic rings. The minimum atomic E-state index is -0.210. The number of carbonyl (C=O) groups is 1. The number of pyridine rings is 1. The Morgan fingerprint density at radius 1 is 1.07 bits per heavy atom. The Morgan fingerprint density at radius 3 is 2.34 bits per heavy atom. The number of rotatable bonds is 5. The van der Waals surface area contributed by atoms with Gasteiger partial charge >= 0.3 is 0 Å². The Labute approximate surface area is 173 Å². The van der Waals surface area contributed by atoms with Gasteiger partial charge in [0, 0.05) is 11.3 Å². The van der Waals surface area contributed by atoms with E-state index in [0.717, 1.165) is 22.9 Å². The molecule has 0 spiro atoms. The molecule has 3 rings (SSSR count). The van der Waals surface area contributed by atoms with Gasteiger partial charge in [0.1, 0.15) is 23.3 Å². The van der Waals surface area contributed by atoms with Gasteiger partial charge in [0.05, 0.1) is 5.75 Å². The second-order valence-corrected chi connectivity index (χ2v) is 7.27. The molecule has 0 saturated heterocycles. The van der Waals surface area contributed by atoms with E-state index in [1.54, 1.807) is 12.1 Å². The van der Waals surface area contributed by atoms with Crippen LogP contribution in [0.1, 0.15) is 16.7 Å². The van der Waals surface area contributed by atoms with Gasteiger partial charge in [-0.05, 0) is 24.6 Å². The second kappa shape index (κ2) is 8.92. The average Bonchev–Trinajstić information content (AvgIpc) is 2.73. The van der Waals surface area contributed by atoms with Crippen LogP contribution < -0.4 is 16.0 Å². The number of para-hydroxylation sites is 1. The SMILES string of the molecule is Cc1ccc(-c2c(C#N)c(N)[nH+]c(SCC(=O)Nc3ccccc3)c2C#N)cc1. The van der Waals surface area contributed by atoms with Crippen LogP contribution in [0.5, 0.6) is 0 Å². The smallest absolute Gasteiger partial charge is 0.289 e. The van der Waals surface area contributed by atoms with Gasteiger partial charge in [0.25, 0.3) is 5.82 Å². The molecule has 0 fully saturated rings. The van der Waals surface area contributed by atoms with Crippen molar-refractivity contribution >= 4 is 29.2 Å². The molecule has 29 heavy (non-hydrogen) atoms. The maximum Gasteiger partial charge on any atom is 0.289 e. The number of nitrogens with two attached hydrogens (primary N) is 1. The van der Waals surface area contributed by atoms with E-state index in [-0.39, 0.29) is 28.6 Å². The summed E-state index contributed by atoms with van der Waals surface area (Å²) >= 11 is 1.16. The number of nitrogens with zero attached hydrogens (tertiary/aromatic N) is 2. The van der Waals surface area contributed by atoms with Gasteiger partial charge in [-0.15, -0.1) is 0 Å². The highest BCUT2D eigenvalue weighted by molar-refractivity contribution is 7.99. The molecular weight excluding hydrogens is 382 g/mol. The van der Waals surface area contributed by atoms with Crippen LogP contribution in [0, 0.1) is 29.6 Å². The van der Waals surface area contributed by atoms with Gasteiger partial charge in [-0.2, -0.15) is 10.5 Å². The Morgan fingerprint density at radius 2 is 1.72 bits per heavy atom. The molecule has 1 heterocycles. The quantitative estimate of drug-likeness (QED) is 0.635. The molecule has 0 aliphatic heterocycles. The molecule has 0 atom stereocenters. The molecule has 0 unspecified atom stereocenters. The van der Waals surface area contributed by atoms with Gasteiger partial charge < -0.3 is 5.32 Å². The average molecular weight is 400 g/mol. The summed E-state index contributed by atoms with van der Waals surface area (Å²) in [5, 5.41) is 22.6. The largest absolute Gasteiger partial charge is 0.325 e. The Balaban J connectivity index is 1.93. The number of thioether (sulfide) groups is 1. The summed E-state index contributed by atoms with van der Waals surface area (Å²) in [7, 11) is 0. The van der Waals surface area contributed by atoms with Crippen LogP contribution in [-0.2, 0) is 4.79 Å². The van der Waals surface area contributed by atoms with Crippen molar-refractivity contribution in [2.24, 2.45) is 0 Å². The maximum absolute atomic E-state index is 12.3. The summed E-state index contributed by atoms with van der Waals surface area (Å²) < 4.78 is 0. The zero-order valence-corrected chi connectivity index (χ0v) is 16.5. The summed E-state index contributed by atoms with van der Waals surface area (Å²) in [6.45, 7) is 1.96. The first kappa shape index (κ1) is 19.9. The first-order valence-corrected chi connectivity index (χ1v) is 9.75. The molecule has 2 aromatic carbocycles. The zero-order chi connectivity index (χ0) is 20.8. The molecule has 0 aliphatic rings. The predicted octanol–water partition coefficient (Wildman–Crippen LogP) is 3.53. The number of aromatic nitrogens is 1. The highest BCUT2D eigenvalue weighted by Gasteiger charge is 2.24. The van der Waals surface area contributed by atoms with Crippen LogP contribution in [-0.4, -0.2) is 11.7 Å². The number of aryl methyl sites for hydroxylation is 1. The van der Waals surface area contributed by atoms with Crippen molar-refractivity contribution in [3.05, 3.63) is 71.3 Å². The fraction of sp³-hybridized carbons (Fsp3) is 0.0909. The highest BCUT2D eigenvalue weighted by atomic mass is 32.2. The molecule has 1 aromatic heterocycles.